The molecular weight excluding hydrogens is 338 g/mol. The molecule has 1 heterocycles. The number of nitrogens with one attached hydrogen (secondary N) is 2. The van der Waals surface area contributed by atoms with Gasteiger partial charge < -0.3 is 20.3 Å². The highest BCUT2D eigenvalue weighted by Gasteiger charge is 2.25. The maximum atomic E-state index is 12.1. The van der Waals surface area contributed by atoms with Crippen molar-refractivity contribution in [3.8, 4) is 0 Å². The van der Waals surface area contributed by atoms with Crippen LogP contribution in [0.15, 0.2) is 4.99 Å². The Labute approximate surface area is 156 Å². The van der Waals surface area contributed by atoms with Crippen LogP contribution in [0.5, 0.6) is 0 Å². The average molecular weight is 374 g/mol. The Morgan fingerprint density at radius 1 is 1.20 bits per heavy atom. The molecule has 0 aromatic heterocycles. The van der Waals surface area contributed by atoms with Crippen molar-refractivity contribution in [3.63, 3.8) is 0 Å². The number of amides is 1. The second-order valence-electron chi connectivity index (χ2n) is 6.99. The fourth-order valence-corrected chi connectivity index (χ4v) is 2.70. The Kier molecular flexibility index (Phi) is 10.0. The van der Waals surface area contributed by atoms with E-state index >= 15 is 0 Å². The van der Waals surface area contributed by atoms with E-state index in [9.17, 15) is 4.79 Å². The Hall–Kier alpha value is -1.15. The van der Waals surface area contributed by atoms with Gasteiger partial charge in [0.05, 0.1) is 6.54 Å². The molecule has 0 spiro atoms. The number of piperazine rings is 1. The van der Waals surface area contributed by atoms with Crippen LogP contribution in [0.2, 0.25) is 0 Å². The summed E-state index contributed by atoms with van der Waals surface area (Å²) in [6.07, 6.45) is 1.89. The van der Waals surface area contributed by atoms with Crippen LogP contribution in [0, 0.1) is 0 Å². The number of rotatable bonds is 7. The zero-order valence-corrected chi connectivity index (χ0v) is 17.2. The molecule has 25 heavy (non-hydrogen) atoms. The maximum absolute atomic E-state index is 12.1. The number of thioether (sulfide) groups is 1. The van der Waals surface area contributed by atoms with Gasteiger partial charge in [0.1, 0.15) is 5.60 Å². The minimum Gasteiger partial charge on any atom is -0.444 e. The number of nitrogens with zero attached hydrogens (tertiary/aromatic N) is 3. The smallest absolute Gasteiger partial charge is 0.410 e. The van der Waals surface area contributed by atoms with Crippen molar-refractivity contribution in [2.45, 2.75) is 33.3 Å². The van der Waals surface area contributed by atoms with Gasteiger partial charge in [-0.15, -0.1) is 0 Å². The van der Waals surface area contributed by atoms with Crippen molar-refractivity contribution >= 4 is 23.8 Å². The Bertz CT molecular complexity index is 418. The monoisotopic (exact) mass is 373 g/mol. The van der Waals surface area contributed by atoms with E-state index in [1.54, 1.807) is 4.90 Å². The summed E-state index contributed by atoms with van der Waals surface area (Å²) in [6, 6.07) is 0. The van der Waals surface area contributed by atoms with Crippen LogP contribution < -0.4 is 10.6 Å². The average Bonchev–Trinajstić information content (AvgIpc) is 2.54. The number of carbonyl (C=O) groups excluding carboxylic acids is 1. The first-order valence-electron chi connectivity index (χ1n) is 9.07. The van der Waals surface area contributed by atoms with E-state index in [2.05, 4.69) is 33.7 Å². The van der Waals surface area contributed by atoms with Gasteiger partial charge in [-0.3, -0.25) is 9.89 Å². The summed E-state index contributed by atoms with van der Waals surface area (Å²) in [5.74, 6) is 1.95. The molecule has 0 bridgehead atoms. The van der Waals surface area contributed by atoms with Gasteiger partial charge in [-0.1, -0.05) is 0 Å². The van der Waals surface area contributed by atoms with E-state index < -0.39 is 5.60 Å². The first-order chi connectivity index (χ1) is 11.9. The molecule has 0 saturated carbocycles. The van der Waals surface area contributed by atoms with Crippen LogP contribution in [0.4, 0.5) is 4.79 Å². The van der Waals surface area contributed by atoms with Gasteiger partial charge in [0.2, 0.25) is 0 Å². The van der Waals surface area contributed by atoms with Crippen molar-refractivity contribution in [2.24, 2.45) is 4.99 Å². The Balaban J connectivity index is 2.30. The first-order valence-corrected chi connectivity index (χ1v) is 10.5. The van der Waals surface area contributed by atoms with E-state index in [0.29, 0.717) is 13.1 Å². The van der Waals surface area contributed by atoms with E-state index in [0.717, 1.165) is 51.0 Å². The fourth-order valence-electron chi connectivity index (χ4n) is 2.40. The third-order valence-electron chi connectivity index (χ3n) is 3.65. The molecule has 1 amide bonds. The van der Waals surface area contributed by atoms with Crippen LogP contribution in [-0.4, -0.2) is 91.8 Å². The van der Waals surface area contributed by atoms with Crippen molar-refractivity contribution in [3.05, 3.63) is 0 Å². The highest BCUT2D eigenvalue weighted by atomic mass is 32.2. The quantitative estimate of drug-likeness (QED) is 0.400. The van der Waals surface area contributed by atoms with Gasteiger partial charge in [-0.25, -0.2) is 4.79 Å². The summed E-state index contributed by atoms with van der Waals surface area (Å²) in [7, 11) is 0. The predicted molar refractivity (Wildman–Crippen MR) is 107 cm³/mol. The molecule has 1 aliphatic heterocycles. The van der Waals surface area contributed by atoms with Crippen LogP contribution in [-0.2, 0) is 4.74 Å². The summed E-state index contributed by atoms with van der Waals surface area (Å²) in [5.41, 5.74) is -0.436. The minimum atomic E-state index is -0.436. The van der Waals surface area contributed by atoms with Gasteiger partial charge in [0.15, 0.2) is 5.96 Å². The molecule has 0 aliphatic carbocycles. The summed E-state index contributed by atoms with van der Waals surface area (Å²) < 4.78 is 5.43. The van der Waals surface area contributed by atoms with E-state index in [1.807, 2.05) is 32.5 Å². The van der Waals surface area contributed by atoms with Gasteiger partial charge in [0.25, 0.3) is 0 Å². The molecule has 1 rings (SSSR count). The molecule has 0 unspecified atom stereocenters. The Morgan fingerprint density at radius 3 is 2.44 bits per heavy atom. The van der Waals surface area contributed by atoms with Crippen LogP contribution in [0.1, 0.15) is 27.7 Å². The Morgan fingerprint density at radius 2 is 1.88 bits per heavy atom. The molecule has 0 radical (unpaired) electrons. The van der Waals surface area contributed by atoms with Crippen molar-refractivity contribution < 1.29 is 9.53 Å². The zero-order chi connectivity index (χ0) is 18.7. The molecule has 8 heteroatoms. The number of ether oxygens (including phenoxy) is 1. The molecular formula is C17H35N5O2S. The van der Waals surface area contributed by atoms with E-state index in [-0.39, 0.29) is 6.09 Å². The number of carbonyl (C=O) groups is 1. The molecule has 1 aliphatic rings. The highest BCUT2D eigenvalue weighted by molar-refractivity contribution is 7.98. The second-order valence-corrected chi connectivity index (χ2v) is 7.97. The third-order valence-corrected chi connectivity index (χ3v) is 4.27. The molecule has 0 aromatic carbocycles. The molecule has 2 N–H and O–H groups in total. The third kappa shape index (κ3) is 9.79. The number of hydrogen-bond acceptors (Lipinski definition) is 5. The lowest BCUT2D eigenvalue weighted by Gasteiger charge is -2.35. The van der Waals surface area contributed by atoms with Crippen LogP contribution in [0.3, 0.4) is 0 Å². The summed E-state index contributed by atoms with van der Waals surface area (Å²) >= 11 is 1.82. The van der Waals surface area contributed by atoms with E-state index in [1.165, 1.54) is 0 Å². The fraction of sp³-hybridized carbons (Fsp3) is 0.882. The SMILES string of the molecule is CCNC(=NCCN1CCN(C(=O)OC(C)(C)C)CC1)NCCSC. The number of guanidine groups is 1. The van der Waals surface area contributed by atoms with Gasteiger partial charge in [-0.05, 0) is 34.0 Å². The highest BCUT2D eigenvalue weighted by Crippen LogP contribution is 2.11. The summed E-state index contributed by atoms with van der Waals surface area (Å²) in [4.78, 5) is 20.8. The van der Waals surface area contributed by atoms with Crippen molar-refractivity contribution in [1.82, 2.24) is 20.4 Å². The van der Waals surface area contributed by atoms with E-state index in [4.69, 9.17) is 4.74 Å². The molecule has 7 nitrogen and oxygen atoms in total. The normalized spacial score (nSPS) is 16.7. The molecule has 0 aromatic rings. The molecule has 146 valence electrons. The second kappa shape index (κ2) is 11.5. The maximum Gasteiger partial charge on any atom is 0.410 e. The first kappa shape index (κ1) is 21.9. The molecule has 0 atom stereocenters. The van der Waals surface area contributed by atoms with Crippen LogP contribution in [0.25, 0.3) is 0 Å². The molecule has 1 fully saturated rings. The lowest BCUT2D eigenvalue weighted by atomic mass is 10.2. The van der Waals surface area contributed by atoms with Crippen molar-refractivity contribution in [2.75, 3.05) is 64.4 Å². The predicted octanol–water partition coefficient (Wildman–Crippen LogP) is 1.46. The number of hydrogen-bond donors (Lipinski definition) is 2. The summed E-state index contributed by atoms with van der Waals surface area (Å²) in [5, 5.41) is 6.60. The van der Waals surface area contributed by atoms with Gasteiger partial charge >= 0.3 is 6.09 Å². The standard InChI is InChI=1S/C17H35N5O2S/c1-6-18-15(20-8-14-25-5)19-7-9-21-10-12-22(13-11-21)16(23)24-17(2,3)4/h6-14H2,1-5H3,(H2,18,19,20). The van der Waals surface area contributed by atoms with Gasteiger partial charge in [0, 0.05) is 51.6 Å². The lowest BCUT2D eigenvalue weighted by Crippen LogP contribution is -2.50. The largest absolute Gasteiger partial charge is 0.444 e. The zero-order valence-electron chi connectivity index (χ0n) is 16.4. The lowest BCUT2D eigenvalue weighted by molar-refractivity contribution is 0.0148. The topological polar surface area (TPSA) is 69.2 Å². The van der Waals surface area contributed by atoms with Crippen LogP contribution >= 0.6 is 11.8 Å². The van der Waals surface area contributed by atoms with Gasteiger partial charge in [-0.2, -0.15) is 11.8 Å². The molecule has 1 saturated heterocycles. The van der Waals surface area contributed by atoms with Crippen molar-refractivity contribution in [1.29, 1.82) is 0 Å². The minimum absolute atomic E-state index is 0.211. The summed E-state index contributed by atoms with van der Waals surface area (Å²) in [6.45, 7) is 14.4. The number of aliphatic imine (C=N–C) groups is 1.